The van der Waals surface area contributed by atoms with Gasteiger partial charge in [-0.05, 0) is 18.4 Å². The second-order valence-corrected chi connectivity index (χ2v) is 3.99. The van der Waals surface area contributed by atoms with Crippen LogP contribution in [0.5, 0.6) is 0 Å². The average Bonchev–Trinajstić information content (AvgIpc) is 2.27. The lowest BCUT2D eigenvalue weighted by molar-refractivity contribution is -0.136. The molecule has 0 amide bonds. The maximum atomic E-state index is 12.2. The second-order valence-electron chi connectivity index (χ2n) is 3.99. The first-order valence-electron chi connectivity index (χ1n) is 5.42. The fraction of sp³-hybridized carbons (Fsp3) is 0.500. The molecule has 0 saturated carbocycles. The molecule has 0 spiro atoms. The van der Waals surface area contributed by atoms with Crippen LogP contribution in [0.3, 0.4) is 0 Å². The van der Waals surface area contributed by atoms with Crippen LogP contribution < -0.4 is 0 Å². The first-order valence-corrected chi connectivity index (χ1v) is 5.42. The van der Waals surface area contributed by atoms with E-state index in [4.69, 9.17) is 0 Å². The summed E-state index contributed by atoms with van der Waals surface area (Å²) in [5.74, 6) is 0. The van der Waals surface area contributed by atoms with Crippen molar-refractivity contribution in [3.63, 3.8) is 0 Å². The highest BCUT2D eigenvalue weighted by molar-refractivity contribution is 5.24. The lowest BCUT2D eigenvalue weighted by atomic mass is 10.0. The van der Waals surface area contributed by atoms with Gasteiger partial charge in [-0.25, -0.2) is 8.78 Å². The van der Waals surface area contributed by atoms with E-state index in [0.29, 0.717) is 5.56 Å². The van der Waals surface area contributed by atoms with E-state index in [9.17, 15) is 27.1 Å². The Labute approximate surface area is 101 Å². The molecule has 0 aliphatic rings. The molecule has 0 bridgehead atoms. The molecular weight excluding hydrogens is 255 g/mol. The third-order valence-corrected chi connectivity index (χ3v) is 2.51. The molecule has 6 heteroatoms. The fourth-order valence-corrected chi connectivity index (χ4v) is 1.53. The molecule has 1 rings (SSSR count). The molecule has 0 saturated heterocycles. The average molecular weight is 268 g/mol. The van der Waals surface area contributed by atoms with Crippen LogP contribution in [0.15, 0.2) is 24.3 Å². The first-order chi connectivity index (χ1) is 8.29. The fourth-order valence-electron chi connectivity index (χ4n) is 1.53. The highest BCUT2D eigenvalue weighted by Gasteiger charge is 2.26. The van der Waals surface area contributed by atoms with Gasteiger partial charge in [0.25, 0.3) is 6.43 Å². The standard InChI is InChI=1S/C12H13F5O/c13-11(14)9-5-3-8(4-6-9)10(18)2-1-7-12(15,16)17/h3-6,10-11,18H,1-2,7H2. The highest BCUT2D eigenvalue weighted by atomic mass is 19.4. The molecule has 18 heavy (non-hydrogen) atoms. The van der Waals surface area contributed by atoms with E-state index in [-0.39, 0.29) is 18.4 Å². The quantitative estimate of drug-likeness (QED) is 0.785. The smallest absolute Gasteiger partial charge is 0.388 e. The van der Waals surface area contributed by atoms with Crippen LogP contribution >= 0.6 is 0 Å². The van der Waals surface area contributed by atoms with Gasteiger partial charge in [-0.15, -0.1) is 0 Å². The number of aliphatic hydroxyl groups excluding tert-OH is 1. The molecule has 0 fully saturated rings. The van der Waals surface area contributed by atoms with Crippen molar-refractivity contribution in [1.29, 1.82) is 0 Å². The third kappa shape index (κ3) is 5.00. The zero-order chi connectivity index (χ0) is 13.8. The van der Waals surface area contributed by atoms with Gasteiger partial charge < -0.3 is 5.11 Å². The number of hydrogen-bond donors (Lipinski definition) is 1. The van der Waals surface area contributed by atoms with Gasteiger partial charge in [0, 0.05) is 12.0 Å². The van der Waals surface area contributed by atoms with E-state index in [1.165, 1.54) is 12.1 Å². The summed E-state index contributed by atoms with van der Waals surface area (Å²) >= 11 is 0. The van der Waals surface area contributed by atoms with Crippen LogP contribution in [0.2, 0.25) is 0 Å². The van der Waals surface area contributed by atoms with Gasteiger partial charge in [0.2, 0.25) is 0 Å². The number of rotatable bonds is 5. The van der Waals surface area contributed by atoms with Gasteiger partial charge in [0.05, 0.1) is 6.10 Å². The molecule has 1 unspecified atom stereocenters. The highest BCUT2D eigenvalue weighted by Crippen LogP contribution is 2.27. The number of aliphatic hydroxyl groups is 1. The number of benzene rings is 1. The number of alkyl halides is 5. The van der Waals surface area contributed by atoms with Gasteiger partial charge >= 0.3 is 6.18 Å². The van der Waals surface area contributed by atoms with Crippen LogP contribution in [0.1, 0.15) is 42.9 Å². The maximum absolute atomic E-state index is 12.2. The Morgan fingerprint density at radius 1 is 1.00 bits per heavy atom. The minimum Gasteiger partial charge on any atom is -0.388 e. The van der Waals surface area contributed by atoms with E-state index >= 15 is 0 Å². The minimum atomic E-state index is -4.24. The molecule has 102 valence electrons. The zero-order valence-electron chi connectivity index (χ0n) is 9.42. The van der Waals surface area contributed by atoms with Crippen molar-refractivity contribution < 1.29 is 27.1 Å². The van der Waals surface area contributed by atoms with Crippen LogP contribution in [0.25, 0.3) is 0 Å². The van der Waals surface area contributed by atoms with E-state index in [1.54, 1.807) is 0 Å². The van der Waals surface area contributed by atoms with Crippen molar-refractivity contribution in [2.75, 3.05) is 0 Å². The van der Waals surface area contributed by atoms with Gasteiger partial charge in [-0.1, -0.05) is 24.3 Å². The first kappa shape index (κ1) is 14.9. The van der Waals surface area contributed by atoms with E-state index in [1.807, 2.05) is 0 Å². The van der Waals surface area contributed by atoms with Gasteiger partial charge in [0.15, 0.2) is 0 Å². The summed E-state index contributed by atoms with van der Waals surface area (Å²) in [7, 11) is 0. The maximum Gasteiger partial charge on any atom is 0.389 e. The summed E-state index contributed by atoms with van der Waals surface area (Å²) < 4.78 is 60.1. The molecule has 0 aliphatic heterocycles. The Balaban J connectivity index is 2.49. The summed E-state index contributed by atoms with van der Waals surface area (Å²) in [6.45, 7) is 0. The lowest BCUT2D eigenvalue weighted by Gasteiger charge is -2.12. The van der Waals surface area contributed by atoms with Crippen molar-refractivity contribution >= 4 is 0 Å². The molecule has 0 heterocycles. The van der Waals surface area contributed by atoms with Crippen LogP contribution in [-0.4, -0.2) is 11.3 Å². The Bertz CT molecular complexity index is 358. The topological polar surface area (TPSA) is 20.2 Å². The number of hydrogen-bond acceptors (Lipinski definition) is 1. The normalized spacial score (nSPS) is 13.9. The van der Waals surface area contributed by atoms with Crippen molar-refractivity contribution in [3.8, 4) is 0 Å². The Morgan fingerprint density at radius 3 is 1.94 bits per heavy atom. The zero-order valence-corrected chi connectivity index (χ0v) is 9.42. The van der Waals surface area contributed by atoms with Gasteiger partial charge in [-0.2, -0.15) is 13.2 Å². The summed E-state index contributed by atoms with van der Waals surface area (Å²) in [6.07, 6.45) is -9.09. The van der Waals surface area contributed by atoms with Crippen LogP contribution in [0, 0.1) is 0 Å². The third-order valence-electron chi connectivity index (χ3n) is 2.51. The van der Waals surface area contributed by atoms with Crippen molar-refractivity contribution in [2.24, 2.45) is 0 Å². The monoisotopic (exact) mass is 268 g/mol. The van der Waals surface area contributed by atoms with Crippen molar-refractivity contribution in [2.45, 2.75) is 38.0 Å². The SMILES string of the molecule is OC(CCCC(F)(F)F)c1ccc(C(F)F)cc1. The van der Waals surface area contributed by atoms with Crippen LogP contribution in [-0.2, 0) is 0 Å². The summed E-state index contributed by atoms with van der Waals surface area (Å²) in [6, 6.07) is 4.93. The summed E-state index contributed by atoms with van der Waals surface area (Å²) in [5, 5.41) is 9.59. The second kappa shape index (κ2) is 6.13. The van der Waals surface area contributed by atoms with Gasteiger partial charge in [0.1, 0.15) is 0 Å². The van der Waals surface area contributed by atoms with E-state index in [0.717, 1.165) is 12.1 Å². The Morgan fingerprint density at radius 2 is 1.50 bits per heavy atom. The molecular formula is C12H13F5O. The van der Waals surface area contributed by atoms with Crippen molar-refractivity contribution in [1.82, 2.24) is 0 Å². The van der Waals surface area contributed by atoms with Crippen molar-refractivity contribution in [3.05, 3.63) is 35.4 Å². The minimum absolute atomic E-state index is 0.0481. The molecule has 0 radical (unpaired) electrons. The molecule has 1 atom stereocenters. The predicted octanol–water partition coefficient (Wildman–Crippen LogP) is 4.39. The molecule has 1 aromatic rings. The molecule has 1 N–H and O–H groups in total. The summed E-state index contributed by atoms with van der Waals surface area (Å²) in [4.78, 5) is 0. The van der Waals surface area contributed by atoms with Gasteiger partial charge in [-0.3, -0.25) is 0 Å². The lowest BCUT2D eigenvalue weighted by Crippen LogP contribution is -2.08. The molecule has 0 aromatic heterocycles. The van der Waals surface area contributed by atoms with Crippen LogP contribution in [0.4, 0.5) is 22.0 Å². The van der Waals surface area contributed by atoms with E-state index < -0.39 is 25.1 Å². The molecule has 1 nitrogen and oxygen atoms in total. The molecule has 1 aromatic carbocycles. The number of halogens is 5. The summed E-state index contributed by atoms with van der Waals surface area (Å²) in [5.41, 5.74) is 0.169. The largest absolute Gasteiger partial charge is 0.389 e. The molecule has 0 aliphatic carbocycles. The Hall–Kier alpha value is -1.17. The predicted molar refractivity (Wildman–Crippen MR) is 56.3 cm³/mol. The Kier molecular flexibility index (Phi) is 5.07. The van der Waals surface area contributed by atoms with E-state index in [2.05, 4.69) is 0 Å².